The molecule has 6 N–H and O–H groups in total. The van der Waals surface area contributed by atoms with Gasteiger partial charge in [-0.2, -0.15) is 0 Å². The first-order valence-corrected chi connectivity index (χ1v) is 10.4. The number of aliphatic hydroxyl groups excluding tert-OH is 5. The second-order valence-corrected chi connectivity index (χ2v) is 9.31. The molecule has 10 nitrogen and oxygen atoms in total. The van der Waals surface area contributed by atoms with Crippen molar-refractivity contribution in [2.75, 3.05) is 6.61 Å². The molecule has 2 aliphatic heterocycles. The van der Waals surface area contributed by atoms with Crippen molar-refractivity contribution in [1.82, 2.24) is 0 Å². The Morgan fingerprint density at radius 2 is 1.81 bits per heavy atom. The van der Waals surface area contributed by atoms with Crippen LogP contribution in [0, 0.1) is 17.8 Å². The van der Waals surface area contributed by atoms with Gasteiger partial charge < -0.3 is 44.8 Å². The van der Waals surface area contributed by atoms with Crippen molar-refractivity contribution >= 4 is 5.97 Å². The molecule has 0 radical (unpaired) electrons. The molecule has 2 heterocycles. The van der Waals surface area contributed by atoms with Crippen molar-refractivity contribution < 1.29 is 49.6 Å². The van der Waals surface area contributed by atoms with E-state index < -0.39 is 84.9 Å². The first-order valence-electron chi connectivity index (χ1n) is 10.4. The second-order valence-electron chi connectivity index (χ2n) is 9.31. The quantitative estimate of drug-likeness (QED) is 0.163. The van der Waals surface area contributed by atoms with Gasteiger partial charge >= 0.3 is 5.97 Å². The fourth-order valence-corrected chi connectivity index (χ4v) is 5.62. The monoisotopic (exact) mass is 442 g/mol. The standard InChI is InChI=1S/C21H30O10/c1-7-11(29-20-17(26)16(25)15(24)12(6-22)30-20)4-9-13(7)18-14(8(2)19(27)31-18)10(23)5-21(9,3)28/h9-18,20,22-26,28H,1-2,4-6H2,3H3. The molecule has 4 rings (SSSR count). The van der Waals surface area contributed by atoms with Gasteiger partial charge in [0.05, 0.1) is 30.3 Å². The fourth-order valence-electron chi connectivity index (χ4n) is 5.62. The number of hydrogen-bond donors (Lipinski definition) is 6. The molecule has 10 heteroatoms. The van der Waals surface area contributed by atoms with Crippen molar-refractivity contribution in [3.63, 3.8) is 0 Å². The molecule has 0 aromatic rings. The lowest BCUT2D eigenvalue weighted by atomic mass is 9.78. The summed E-state index contributed by atoms with van der Waals surface area (Å²) in [6.07, 6.45) is -9.40. The van der Waals surface area contributed by atoms with E-state index in [9.17, 15) is 35.4 Å². The lowest BCUT2D eigenvalue weighted by molar-refractivity contribution is -0.308. The minimum absolute atomic E-state index is 0.00500. The summed E-state index contributed by atoms with van der Waals surface area (Å²) < 4.78 is 16.8. The Morgan fingerprint density at radius 1 is 1.13 bits per heavy atom. The maximum absolute atomic E-state index is 12.1. The minimum atomic E-state index is -1.59. The highest BCUT2D eigenvalue weighted by Gasteiger charge is 2.61. The second kappa shape index (κ2) is 7.89. The van der Waals surface area contributed by atoms with Gasteiger partial charge in [-0.25, -0.2) is 4.79 Å². The molecule has 12 atom stereocenters. The molecule has 0 aromatic heterocycles. The Kier molecular flexibility index (Phi) is 5.81. The number of ether oxygens (including phenoxy) is 3. The van der Waals surface area contributed by atoms with E-state index in [0.717, 1.165) is 0 Å². The van der Waals surface area contributed by atoms with Crippen molar-refractivity contribution in [2.45, 2.75) is 74.4 Å². The first kappa shape index (κ1) is 22.8. The number of hydrogen-bond acceptors (Lipinski definition) is 10. The van der Waals surface area contributed by atoms with Crippen molar-refractivity contribution in [3.05, 3.63) is 24.3 Å². The maximum Gasteiger partial charge on any atom is 0.334 e. The predicted molar refractivity (Wildman–Crippen MR) is 103 cm³/mol. The van der Waals surface area contributed by atoms with Crippen molar-refractivity contribution in [3.8, 4) is 0 Å². The highest BCUT2D eigenvalue weighted by atomic mass is 16.7. The van der Waals surface area contributed by atoms with E-state index in [-0.39, 0.29) is 18.4 Å². The molecule has 4 aliphatic rings. The van der Waals surface area contributed by atoms with E-state index in [1.165, 1.54) is 0 Å². The van der Waals surface area contributed by atoms with E-state index in [2.05, 4.69) is 13.2 Å². The highest BCUT2D eigenvalue weighted by Crippen LogP contribution is 2.54. The third-order valence-electron chi connectivity index (χ3n) is 7.34. The molecule has 0 spiro atoms. The SMILES string of the molecule is C=C1C(=O)OC2C1C(O)CC(C)(O)C1CC(OC3OC(CO)C(O)C(O)C3O)C(=C)C21. The number of carbonyl (C=O) groups is 1. The van der Waals surface area contributed by atoms with Gasteiger partial charge in [0.25, 0.3) is 0 Å². The van der Waals surface area contributed by atoms with Crippen LogP contribution in [-0.2, 0) is 19.0 Å². The average molecular weight is 442 g/mol. The number of rotatable bonds is 3. The summed E-state index contributed by atoms with van der Waals surface area (Å²) in [5, 5.41) is 61.4. The molecule has 4 fully saturated rings. The van der Waals surface area contributed by atoms with E-state index in [0.29, 0.717) is 5.57 Å². The summed E-state index contributed by atoms with van der Waals surface area (Å²) >= 11 is 0. The van der Waals surface area contributed by atoms with Crippen LogP contribution in [0.1, 0.15) is 19.8 Å². The number of aliphatic hydroxyl groups is 6. The van der Waals surface area contributed by atoms with Crippen LogP contribution in [0.25, 0.3) is 0 Å². The molecule has 0 aromatic carbocycles. The third-order valence-corrected chi connectivity index (χ3v) is 7.34. The van der Waals surface area contributed by atoms with Crippen LogP contribution in [0.5, 0.6) is 0 Å². The molecule has 0 bridgehead atoms. The summed E-state index contributed by atoms with van der Waals surface area (Å²) in [6.45, 7) is 8.85. The van der Waals surface area contributed by atoms with Crippen LogP contribution in [0.15, 0.2) is 24.3 Å². The number of esters is 1. The largest absolute Gasteiger partial charge is 0.458 e. The van der Waals surface area contributed by atoms with Gasteiger partial charge in [-0.15, -0.1) is 0 Å². The molecule has 2 saturated heterocycles. The summed E-state index contributed by atoms with van der Waals surface area (Å²) in [4.78, 5) is 12.1. The van der Waals surface area contributed by atoms with Crippen LogP contribution in [0.4, 0.5) is 0 Å². The van der Waals surface area contributed by atoms with Crippen LogP contribution in [-0.4, -0.2) is 97.8 Å². The number of fused-ring (bicyclic) bond motifs is 3. The van der Waals surface area contributed by atoms with Crippen LogP contribution >= 0.6 is 0 Å². The molecule has 12 unspecified atom stereocenters. The van der Waals surface area contributed by atoms with Gasteiger partial charge in [0.15, 0.2) is 6.29 Å². The van der Waals surface area contributed by atoms with E-state index in [1.54, 1.807) is 6.92 Å². The maximum atomic E-state index is 12.1. The molecule has 0 amide bonds. The summed E-state index contributed by atoms with van der Waals surface area (Å²) in [7, 11) is 0. The van der Waals surface area contributed by atoms with Crippen LogP contribution < -0.4 is 0 Å². The lowest BCUT2D eigenvalue weighted by Crippen LogP contribution is -2.59. The van der Waals surface area contributed by atoms with Gasteiger partial charge in [0.2, 0.25) is 0 Å². The Bertz CT molecular complexity index is 763. The Hall–Kier alpha value is -1.37. The molecular formula is C21H30O10. The average Bonchev–Trinajstić information content (AvgIpc) is 3.16. The van der Waals surface area contributed by atoms with Gasteiger partial charge in [-0.1, -0.05) is 13.2 Å². The van der Waals surface area contributed by atoms with Crippen molar-refractivity contribution in [1.29, 1.82) is 0 Å². The van der Waals surface area contributed by atoms with E-state index >= 15 is 0 Å². The summed E-state index contributed by atoms with van der Waals surface area (Å²) in [6, 6.07) is 0. The molecular weight excluding hydrogens is 412 g/mol. The van der Waals surface area contributed by atoms with Crippen LogP contribution in [0.2, 0.25) is 0 Å². The smallest absolute Gasteiger partial charge is 0.334 e. The predicted octanol–water partition coefficient (Wildman–Crippen LogP) is -2.02. The molecule has 174 valence electrons. The van der Waals surface area contributed by atoms with Gasteiger partial charge in [-0.05, 0) is 18.9 Å². The Morgan fingerprint density at radius 3 is 2.45 bits per heavy atom. The topological polar surface area (TPSA) is 166 Å². The minimum Gasteiger partial charge on any atom is -0.458 e. The molecule has 2 aliphatic carbocycles. The van der Waals surface area contributed by atoms with Gasteiger partial charge in [-0.3, -0.25) is 0 Å². The zero-order valence-electron chi connectivity index (χ0n) is 17.2. The lowest BCUT2D eigenvalue weighted by Gasteiger charge is -2.40. The Balaban J connectivity index is 1.59. The molecule has 31 heavy (non-hydrogen) atoms. The van der Waals surface area contributed by atoms with Gasteiger partial charge in [0.1, 0.15) is 30.5 Å². The van der Waals surface area contributed by atoms with Gasteiger partial charge in [0, 0.05) is 23.8 Å². The first-order chi connectivity index (χ1) is 14.5. The summed E-state index contributed by atoms with van der Waals surface area (Å²) in [5.74, 6) is -2.29. The molecule has 2 saturated carbocycles. The Labute approximate surface area is 179 Å². The zero-order valence-corrected chi connectivity index (χ0v) is 17.2. The van der Waals surface area contributed by atoms with Crippen LogP contribution in [0.3, 0.4) is 0 Å². The normalized spacial score (nSPS) is 52.5. The highest BCUT2D eigenvalue weighted by molar-refractivity contribution is 5.91. The fraction of sp³-hybridized carbons (Fsp3) is 0.762. The third kappa shape index (κ3) is 3.55. The van der Waals surface area contributed by atoms with E-state index in [4.69, 9.17) is 14.2 Å². The number of carbonyl (C=O) groups excluding carboxylic acids is 1. The van der Waals surface area contributed by atoms with Crippen molar-refractivity contribution in [2.24, 2.45) is 17.8 Å². The summed E-state index contributed by atoms with van der Waals surface area (Å²) in [5.41, 5.74) is -0.675. The van der Waals surface area contributed by atoms with E-state index in [1.807, 2.05) is 0 Å². The zero-order chi connectivity index (χ0) is 22.8.